The molecule has 120 valence electrons. The van der Waals surface area contributed by atoms with Crippen LogP contribution >= 0.6 is 0 Å². The van der Waals surface area contributed by atoms with Crippen molar-refractivity contribution < 1.29 is 19.8 Å². The van der Waals surface area contributed by atoms with E-state index in [4.69, 9.17) is 5.11 Å². The summed E-state index contributed by atoms with van der Waals surface area (Å²) in [5.74, 6) is -0.559. The molecule has 1 saturated heterocycles. The molecule has 0 aromatic rings. The van der Waals surface area contributed by atoms with Gasteiger partial charge in [-0.2, -0.15) is 0 Å². The number of carbonyl (C=O) groups is 2. The van der Waals surface area contributed by atoms with Gasteiger partial charge in [-0.05, 0) is 25.2 Å². The summed E-state index contributed by atoms with van der Waals surface area (Å²) < 4.78 is 0. The molecule has 21 heavy (non-hydrogen) atoms. The highest BCUT2D eigenvalue weighted by Crippen LogP contribution is 2.28. The molecule has 2 rings (SSSR count). The van der Waals surface area contributed by atoms with Gasteiger partial charge in [-0.25, -0.2) is 9.59 Å². The number of hydrogen-bond acceptors (Lipinski definition) is 3. The van der Waals surface area contributed by atoms with Crippen molar-refractivity contribution in [3.8, 4) is 0 Å². The van der Waals surface area contributed by atoms with Crippen molar-refractivity contribution in [1.82, 2.24) is 10.2 Å². The first kappa shape index (κ1) is 16.1. The van der Waals surface area contributed by atoms with E-state index < -0.39 is 18.1 Å². The van der Waals surface area contributed by atoms with Crippen LogP contribution in [0.25, 0.3) is 0 Å². The van der Waals surface area contributed by atoms with E-state index in [-0.39, 0.29) is 25.0 Å². The molecule has 6 heteroatoms. The summed E-state index contributed by atoms with van der Waals surface area (Å²) in [6.07, 6.45) is 6.15. The maximum absolute atomic E-state index is 12.4. The van der Waals surface area contributed by atoms with Crippen LogP contribution in [-0.2, 0) is 4.79 Å². The largest absolute Gasteiger partial charge is 0.480 e. The van der Waals surface area contributed by atoms with E-state index in [2.05, 4.69) is 5.32 Å². The molecule has 0 aromatic carbocycles. The lowest BCUT2D eigenvalue weighted by molar-refractivity contribution is -0.141. The predicted molar refractivity (Wildman–Crippen MR) is 77.9 cm³/mol. The Morgan fingerprint density at radius 2 is 1.95 bits per heavy atom. The van der Waals surface area contributed by atoms with Gasteiger partial charge in [0.05, 0.1) is 6.10 Å². The maximum Gasteiger partial charge on any atom is 0.326 e. The summed E-state index contributed by atoms with van der Waals surface area (Å²) in [6, 6.07) is -1.16. The number of nitrogens with one attached hydrogen (secondary N) is 1. The fourth-order valence-corrected chi connectivity index (χ4v) is 3.60. The number of urea groups is 1. The molecule has 0 radical (unpaired) electrons. The summed E-state index contributed by atoms with van der Waals surface area (Å²) >= 11 is 0. The minimum atomic E-state index is -1.05. The van der Waals surface area contributed by atoms with Gasteiger partial charge in [0.1, 0.15) is 6.04 Å². The number of hydrogen-bond donors (Lipinski definition) is 3. The Morgan fingerprint density at radius 3 is 2.52 bits per heavy atom. The van der Waals surface area contributed by atoms with Gasteiger partial charge in [-0.1, -0.05) is 26.2 Å². The van der Waals surface area contributed by atoms with Crippen LogP contribution in [0.5, 0.6) is 0 Å². The minimum absolute atomic E-state index is 0.101. The van der Waals surface area contributed by atoms with E-state index in [0.29, 0.717) is 5.92 Å². The van der Waals surface area contributed by atoms with Crippen molar-refractivity contribution in [2.75, 3.05) is 6.54 Å². The van der Waals surface area contributed by atoms with Gasteiger partial charge in [0, 0.05) is 19.0 Å². The van der Waals surface area contributed by atoms with Crippen molar-refractivity contribution in [3.63, 3.8) is 0 Å². The van der Waals surface area contributed by atoms with Crippen LogP contribution in [0.1, 0.15) is 51.9 Å². The molecule has 2 unspecified atom stereocenters. The van der Waals surface area contributed by atoms with Crippen molar-refractivity contribution in [2.24, 2.45) is 5.92 Å². The van der Waals surface area contributed by atoms with Crippen LogP contribution < -0.4 is 5.32 Å². The summed E-state index contributed by atoms with van der Waals surface area (Å²) in [4.78, 5) is 24.8. The number of aliphatic hydroxyl groups excluding tert-OH is 1. The normalized spacial score (nSPS) is 28.4. The highest BCUT2D eigenvalue weighted by molar-refractivity contribution is 5.83. The molecule has 3 atom stereocenters. The third-order valence-corrected chi connectivity index (χ3v) is 4.79. The molecular formula is C15H26N2O4. The first-order valence-corrected chi connectivity index (χ1v) is 8.01. The summed E-state index contributed by atoms with van der Waals surface area (Å²) in [5.41, 5.74) is 0. The number of amides is 2. The highest BCUT2D eigenvalue weighted by Gasteiger charge is 2.39. The van der Waals surface area contributed by atoms with Crippen molar-refractivity contribution >= 4 is 12.0 Å². The van der Waals surface area contributed by atoms with Gasteiger partial charge in [0.15, 0.2) is 0 Å². The topological polar surface area (TPSA) is 89.9 Å². The molecule has 6 nitrogen and oxygen atoms in total. The van der Waals surface area contributed by atoms with Crippen molar-refractivity contribution in [3.05, 3.63) is 0 Å². The van der Waals surface area contributed by atoms with Gasteiger partial charge in [-0.15, -0.1) is 0 Å². The lowest BCUT2D eigenvalue weighted by Gasteiger charge is -2.32. The Hall–Kier alpha value is -1.30. The lowest BCUT2D eigenvalue weighted by Crippen LogP contribution is -2.51. The smallest absolute Gasteiger partial charge is 0.326 e. The van der Waals surface area contributed by atoms with Gasteiger partial charge in [0.2, 0.25) is 0 Å². The van der Waals surface area contributed by atoms with Crippen LogP contribution in [0.2, 0.25) is 0 Å². The summed E-state index contributed by atoms with van der Waals surface area (Å²) in [5, 5.41) is 21.8. The molecule has 0 aromatic heterocycles. The monoisotopic (exact) mass is 298 g/mol. The Labute approximate surface area is 125 Å². The van der Waals surface area contributed by atoms with Gasteiger partial charge in [0.25, 0.3) is 0 Å². The second-order valence-electron chi connectivity index (χ2n) is 6.26. The number of β-amino-alcohol motifs (C(OH)–C–C–N with tert-alkyl or cyclic N) is 1. The van der Waals surface area contributed by atoms with Gasteiger partial charge < -0.3 is 20.4 Å². The Kier molecular flexibility index (Phi) is 5.45. The molecule has 2 amide bonds. The zero-order valence-corrected chi connectivity index (χ0v) is 12.6. The molecule has 2 aliphatic rings. The number of likely N-dealkylation sites (tertiary alicyclic amines) is 1. The summed E-state index contributed by atoms with van der Waals surface area (Å²) in [6.45, 7) is 2.15. The van der Waals surface area contributed by atoms with Crippen LogP contribution in [-0.4, -0.2) is 51.8 Å². The molecule has 1 heterocycles. The first-order valence-electron chi connectivity index (χ1n) is 8.01. The van der Waals surface area contributed by atoms with Crippen LogP contribution in [0, 0.1) is 5.92 Å². The van der Waals surface area contributed by atoms with E-state index in [1.54, 1.807) is 0 Å². The maximum atomic E-state index is 12.4. The number of carboxylic acids is 1. The van der Waals surface area contributed by atoms with E-state index in [1.807, 2.05) is 6.92 Å². The third-order valence-electron chi connectivity index (χ3n) is 4.79. The lowest BCUT2D eigenvalue weighted by atomic mass is 9.83. The molecule has 2 fully saturated rings. The number of carboxylic acid groups (broad SMARTS) is 1. The Morgan fingerprint density at radius 1 is 1.29 bits per heavy atom. The Bertz CT molecular complexity index is 382. The number of rotatable bonds is 4. The molecule has 1 aliphatic heterocycles. The predicted octanol–water partition coefficient (Wildman–Crippen LogP) is 1.57. The fraction of sp³-hybridized carbons (Fsp3) is 0.867. The van der Waals surface area contributed by atoms with Gasteiger partial charge in [-0.3, -0.25) is 0 Å². The molecule has 3 N–H and O–H groups in total. The van der Waals surface area contributed by atoms with E-state index >= 15 is 0 Å². The third kappa shape index (κ3) is 3.87. The average Bonchev–Trinajstić information content (AvgIpc) is 2.88. The zero-order valence-electron chi connectivity index (χ0n) is 12.6. The molecule has 0 bridgehead atoms. The number of nitrogens with zero attached hydrogens (tertiary/aromatic N) is 1. The molecule has 0 spiro atoms. The number of aliphatic carboxylic acids is 1. The number of aliphatic hydroxyl groups is 1. The zero-order chi connectivity index (χ0) is 15.4. The quantitative estimate of drug-likeness (QED) is 0.735. The SMILES string of the molecule is CCC(NC(=O)N1CC(O)C[C@H]1C(=O)O)C1CCCCC1. The Balaban J connectivity index is 1.96. The number of carbonyl (C=O) groups excluding carboxylic acids is 1. The van der Waals surface area contributed by atoms with Crippen molar-refractivity contribution in [2.45, 2.75) is 70.1 Å². The van der Waals surface area contributed by atoms with Crippen LogP contribution in [0.15, 0.2) is 0 Å². The second-order valence-corrected chi connectivity index (χ2v) is 6.26. The van der Waals surface area contributed by atoms with E-state index in [9.17, 15) is 14.7 Å². The van der Waals surface area contributed by atoms with Gasteiger partial charge >= 0.3 is 12.0 Å². The minimum Gasteiger partial charge on any atom is -0.480 e. The second kappa shape index (κ2) is 7.11. The van der Waals surface area contributed by atoms with E-state index in [1.165, 1.54) is 24.2 Å². The van der Waals surface area contributed by atoms with E-state index in [0.717, 1.165) is 19.3 Å². The molecular weight excluding hydrogens is 272 g/mol. The van der Waals surface area contributed by atoms with Crippen LogP contribution in [0.4, 0.5) is 4.79 Å². The standard InChI is InChI=1S/C15H26N2O4/c1-2-12(10-6-4-3-5-7-10)16-15(21)17-9-11(18)8-13(17)14(19)20/h10-13,18H,2-9H2,1H3,(H,16,21)(H,19,20)/t11?,12?,13-/m0/s1. The fourth-order valence-electron chi connectivity index (χ4n) is 3.60. The molecule has 1 aliphatic carbocycles. The van der Waals surface area contributed by atoms with Crippen molar-refractivity contribution in [1.29, 1.82) is 0 Å². The first-order chi connectivity index (χ1) is 10.0. The molecule has 1 saturated carbocycles. The highest BCUT2D eigenvalue weighted by atomic mass is 16.4. The summed E-state index contributed by atoms with van der Waals surface area (Å²) in [7, 11) is 0. The average molecular weight is 298 g/mol. The van der Waals surface area contributed by atoms with Crippen LogP contribution in [0.3, 0.4) is 0 Å².